The smallest absolute Gasteiger partial charge is 0.317 e. The molecule has 0 aromatic heterocycles. The molecule has 2 amide bonds. The van der Waals surface area contributed by atoms with Gasteiger partial charge in [0.25, 0.3) is 0 Å². The van der Waals surface area contributed by atoms with Gasteiger partial charge in [-0.3, -0.25) is 0 Å². The molecule has 1 atom stereocenters. The number of nitrogens with one attached hydrogen (secondary N) is 1. The number of carbonyl (C=O) groups excluding carboxylic acids is 1. The molecule has 0 saturated carbocycles. The molecular formula is C17H24N2O. The van der Waals surface area contributed by atoms with E-state index >= 15 is 0 Å². The van der Waals surface area contributed by atoms with Crippen LogP contribution in [-0.4, -0.2) is 30.6 Å². The number of hydrogen-bond donors (Lipinski definition) is 1. The molecule has 1 aliphatic rings. The summed E-state index contributed by atoms with van der Waals surface area (Å²) in [7, 11) is 0. The van der Waals surface area contributed by atoms with E-state index in [1.807, 2.05) is 11.0 Å². The minimum atomic E-state index is 0.0681. The van der Waals surface area contributed by atoms with Crippen LogP contribution in [0.25, 0.3) is 0 Å². The highest BCUT2D eigenvalue weighted by molar-refractivity contribution is 5.74. The fourth-order valence-corrected chi connectivity index (χ4v) is 2.63. The van der Waals surface area contributed by atoms with Crippen molar-refractivity contribution in [1.29, 1.82) is 0 Å². The van der Waals surface area contributed by atoms with Crippen molar-refractivity contribution in [1.82, 2.24) is 10.2 Å². The van der Waals surface area contributed by atoms with Gasteiger partial charge in [0.05, 0.1) is 0 Å². The largest absolute Gasteiger partial charge is 0.338 e. The molecule has 1 N–H and O–H groups in total. The first kappa shape index (κ1) is 14.6. The molecule has 0 radical (unpaired) electrons. The second-order valence-electron chi connectivity index (χ2n) is 5.56. The molecule has 1 aliphatic heterocycles. The van der Waals surface area contributed by atoms with Gasteiger partial charge in [0, 0.05) is 19.6 Å². The molecule has 0 spiro atoms. The van der Waals surface area contributed by atoms with E-state index in [1.54, 1.807) is 0 Å². The summed E-state index contributed by atoms with van der Waals surface area (Å²) in [4.78, 5) is 13.8. The highest BCUT2D eigenvalue weighted by atomic mass is 16.2. The summed E-state index contributed by atoms with van der Waals surface area (Å²) >= 11 is 0. The standard InChI is InChI=1S/C17H24N2O/c1-3-15-9-11-19(13-15)17(20)18-10-5-8-16-7-4-6-14(2)12-16/h3-4,6-7,12,15H,1,5,8-11,13H2,2H3,(H,18,20)/t15-/m0/s1. The number of amides is 2. The van der Waals surface area contributed by atoms with E-state index in [1.165, 1.54) is 11.1 Å². The molecule has 3 heteroatoms. The monoisotopic (exact) mass is 272 g/mol. The predicted molar refractivity (Wildman–Crippen MR) is 82.8 cm³/mol. The van der Waals surface area contributed by atoms with Crippen LogP contribution in [0.2, 0.25) is 0 Å². The lowest BCUT2D eigenvalue weighted by molar-refractivity contribution is 0.208. The second kappa shape index (κ2) is 7.13. The molecule has 1 aromatic rings. The minimum Gasteiger partial charge on any atom is -0.338 e. The van der Waals surface area contributed by atoms with Gasteiger partial charge < -0.3 is 10.2 Å². The predicted octanol–water partition coefficient (Wildman–Crippen LogP) is 3.15. The van der Waals surface area contributed by atoms with Crippen molar-refractivity contribution in [2.24, 2.45) is 5.92 Å². The van der Waals surface area contributed by atoms with E-state index in [9.17, 15) is 4.79 Å². The zero-order valence-electron chi connectivity index (χ0n) is 12.3. The summed E-state index contributed by atoms with van der Waals surface area (Å²) in [6.45, 7) is 8.30. The molecular weight excluding hydrogens is 248 g/mol. The van der Waals surface area contributed by atoms with E-state index in [0.29, 0.717) is 5.92 Å². The van der Waals surface area contributed by atoms with Gasteiger partial charge in [-0.1, -0.05) is 35.9 Å². The van der Waals surface area contributed by atoms with Crippen LogP contribution in [0.15, 0.2) is 36.9 Å². The normalized spacial score (nSPS) is 18.1. The SMILES string of the molecule is C=C[C@H]1CCN(C(=O)NCCCc2cccc(C)c2)C1. The van der Waals surface area contributed by atoms with E-state index in [4.69, 9.17) is 0 Å². The molecule has 1 fully saturated rings. The lowest BCUT2D eigenvalue weighted by atomic mass is 10.1. The second-order valence-corrected chi connectivity index (χ2v) is 5.56. The van der Waals surface area contributed by atoms with Crippen LogP contribution in [0, 0.1) is 12.8 Å². The number of urea groups is 1. The Balaban J connectivity index is 1.66. The highest BCUT2D eigenvalue weighted by Crippen LogP contribution is 2.16. The molecule has 0 unspecified atom stereocenters. The van der Waals surface area contributed by atoms with Gasteiger partial charge in [0.15, 0.2) is 0 Å². The van der Waals surface area contributed by atoms with E-state index < -0.39 is 0 Å². The lowest BCUT2D eigenvalue weighted by Crippen LogP contribution is -2.38. The topological polar surface area (TPSA) is 32.3 Å². The van der Waals surface area contributed by atoms with Crippen LogP contribution in [-0.2, 0) is 6.42 Å². The lowest BCUT2D eigenvalue weighted by Gasteiger charge is -2.16. The molecule has 1 heterocycles. The number of hydrogen-bond acceptors (Lipinski definition) is 1. The van der Waals surface area contributed by atoms with Gasteiger partial charge in [0.2, 0.25) is 0 Å². The third kappa shape index (κ3) is 4.12. The Morgan fingerprint density at radius 2 is 2.40 bits per heavy atom. The number of likely N-dealkylation sites (tertiary alicyclic amines) is 1. The molecule has 1 aromatic carbocycles. The Morgan fingerprint density at radius 1 is 1.55 bits per heavy atom. The fourth-order valence-electron chi connectivity index (χ4n) is 2.63. The van der Waals surface area contributed by atoms with Gasteiger partial charge in [-0.2, -0.15) is 0 Å². The maximum atomic E-state index is 12.0. The molecule has 108 valence electrons. The molecule has 20 heavy (non-hydrogen) atoms. The molecule has 0 bridgehead atoms. The Bertz CT molecular complexity index is 470. The van der Waals surface area contributed by atoms with Gasteiger partial charge in [0.1, 0.15) is 0 Å². The number of benzene rings is 1. The summed E-state index contributed by atoms with van der Waals surface area (Å²) in [5.41, 5.74) is 2.63. The highest BCUT2D eigenvalue weighted by Gasteiger charge is 2.23. The van der Waals surface area contributed by atoms with E-state index in [2.05, 4.69) is 43.1 Å². The van der Waals surface area contributed by atoms with Crippen molar-refractivity contribution in [2.75, 3.05) is 19.6 Å². The summed E-state index contributed by atoms with van der Waals surface area (Å²) in [5, 5.41) is 3.01. The first-order valence-electron chi connectivity index (χ1n) is 7.40. The van der Waals surface area contributed by atoms with Crippen LogP contribution >= 0.6 is 0 Å². The van der Waals surface area contributed by atoms with Crippen LogP contribution in [0.5, 0.6) is 0 Å². The van der Waals surface area contributed by atoms with Gasteiger partial charge in [-0.05, 0) is 37.7 Å². The number of carbonyl (C=O) groups is 1. The van der Waals surface area contributed by atoms with Gasteiger partial charge in [-0.15, -0.1) is 6.58 Å². The quantitative estimate of drug-likeness (QED) is 0.648. The van der Waals surface area contributed by atoms with E-state index in [-0.39, 0.29) is 6.03 Å². The Morgan fingerprint density at radius 3 is 3.10 bits per heavy atom. The number of aryl methyl sites for hydroxylation is 2. The maximum Gasteiger partial charge on any atom is 0.317 e. The average Bonchev–Trinajstić information content (AvgIpc) is 2.92. The van der Waals surface area contributed by atoms with Crippen molar-refractivity contribution in [3.63, 3.8) is 0 Å². The van der Waals surface area contributed by atoms with Crippen molar-refractivity contribution >= 4 is 6.03 Å². The van der Waals surface area contributed by atoms with Crippen molar-refractivity contribution in [2.45, 2.75) is 26.2 Å². The minimum absolute atomic E-state index is 0.0681. The Hall–Kier alpha value is -1.77. The zero-order valence-corrected chi connectivity index (χ0v) is 12.3. The number of rotatable bonds is 5. The van der Waals surface area contributed by atoms with Crippen molar-refractivity contribution in [3.05, 3.63) is 48.0 Å². The molecule has 1 saturated heterocycles. The molecule has 2 rings (SSSR count). The van der Waals surface area contributed by atoms with Gasteiger partial charge >= 0.3 is 6.03 Å². The summed E-state index contributed by atoms with van der Waals surface area (Å²) < 4.78 is 0. The Labute approximate surface area is 121 Å². The third-order valence-electron chi connectivity index (χ3n) is 3.85. The maximum absolute atomic E-state index is 12.0. The van der Waals surface area contributed by atoms with Gasteiger partial charge in [-0.25, -0.2) is 4.79 Å². The van der Waals surface area contributed by atoms with Crippen LogP contribution < -0.4 is 5.32 Å². The third-order valence-corrected chi connectivity index (χ3v) is 3.85. The summed E-state index contributed by atoms with van der Waals surface area (Å²) in [6.07, 6.45) is 4.98. The van der Waals surface area contributed by atoms with Crippen LogP contribution in [0.1, 0.15) is 24.0 Å². The molecule has 3 nitrogen and oxygen atoms in total. The number of nitrogens with zero attached hydrogens (tertiary/aromatic N) is 1. The summed E-state index contributed by atoms with van der Waals surface area (Å²) in [6, 6.07) is 8.61. The zero-order chi connectivity index (χ0) is 14.4. The first-order chi connectivity index (χ1) is 9.69. The van der Waals surface area contributed by atoms with Crippen LogP contribution in [0.3, 0.4) is 0 Å². The van der Waals surface area contributed by atoms with Crippen molar-refractivity contribution < 1.29 is 4.79 Å². The van der Waals surface area contributed by atoms with Crippen molar-refractivity contribution in [3.8, 4) is 0 Å². The Kier molecular flexibility index (Phi) is 5.22. The van der Waals surface area contributed by atoms with E-state index in [0.717, 1.165) is 38.9 Å². The fraction of sp³-hybridized carbons (Fsp3) is 0.471. The molecule has 0 aliphatic carbocycles. The summed E-state index contributed by atoms with van der Waals surface area (Å²) in [5.74, 6) is 0.466. The van der Waals surface area contributed by atoms with Crippen LogP contribution in [0.4, 0.5) is 4.79 Å². The average molecular weight is 272 g/mol. The first-order valence-corrected chi connectivity index (χ1v) is 7.40.